The van der Waals surface area contributed by atoms with Crippen molar-refractivity contribution in [3.05, 3.63) is 188 Å². The Bertz CT molecular complexity index is 2430. The molecule has 9 rings (SSSR count). The molecular weight excluding hydrogens is 599 g/mol. The topological polar surface area (TPSA) is 3.24 Å². The lowest BCUT2D eigenvalue weighted by Gasteiger charge is -2.26. The van der Waals surface area contributed by atoms with Gasteiger partial charge in [0.2, 0.25) is 0 Å². The van der Waals surface area contributed by atoms with Crippen LogP contribution >= 0.6 is 11.3 Å². The smallest absolute Gasteiger partial charge is 0.0462 e. The van der Waals surface area contributed by atoms with E-state index in [2.05, 4.69) is 193 Å². The largest absolute Gasteiger partial charge is 0.311 e. The van der Waals surface area contributed by atoms with E-state index in [9.17, 15) is 0 Å². The Morgan fingerprint density at radius 3 is 1.33 bits per heavy atom. The number of benzene rings is 8. The van der Waals surface area contributed by atoms with Crippen LogP contribution in [0.15, 0.2) is 188 Å². The SMILES string of the molecule is c1ccc(-c2ccc(N(c3ccc(-c4ccccc4)cc3)c3ccc(-c4ccc5c(ccc6sc7ccccc7c65)c4)cc3)cc2)cc1. The first kappa shape index (κ1) is 28.3. The maximum atomic E-state index is 2.34. The molecule has 0 amide bonds. The Morgan fingerprint density at radius 1 is 0.312 bits per heavy atom. The highest BCUT2D eigenvalue weighted by molar-refractivity contribution is 7.26. The minimum Gasteiger partial charge on any atom is -0.311 e. The third kappa shape index (κ3) is 5.13. The molecule has 226 valence electrons. The van der Waals surface area contributed by atoms with Gasteiger partial charge in [0.05, 0.1) is 0 Å². The van der Waals surface area contributed by atoms with Crippen LogP contribution in [0.25, 0.3) is 64.3 Å². The van der Waals surface area contributed by atoms with Gasteiger partial charge in [0.15, 0.2) is 0 Å². The van der Waals surface area contributed by atoms with Crippen molar-refractivity contribution in [2.45, 2.75) is 0 Å². The van der Waals surface area contributed by atoms with E-state index < -0.39 is 0 Å². The van der Waals surface area contributed by atoms with Gasteiger partial charge in [-0.3, -0.25) is 0 Å². The summed E-state index contributed by atoms with van der Waals surface area (Å²) < 4.78 is 2.68. The molecule has 48 heavy (non-hydrogen) atoms. The fourth-order valence-electron chi connectivity index (χ4n) is 6.85. The summed E-state index contributed by atoms with van der Waals surface area (Å²) in [5, 5.41) is 5.29. The molecule has 0 spiro atoms. The zero-order valence-corrected chi connectivity index (χ0v) is 27.1. The Kier molecular flexibility index (Phi) is 7.07. The quantitative estimate of drug-likeness (QED) is 0.177. The second kappa shape index (κ2) is 12.0. The first-order valence-corrected chi connectivity index (χ1v) is 17.2. The van der Waals surface area contributed by atoms with Crippen LogP contribution in [0, 0.1) is 0 Å². The van der Waals surface area contributed by atoms with E-state index in [0.29, 0.717) is 0 Å². The Balaban J connectivity index is 1.09. The predicted octanol–water partition coefficient (Wildman–Crippen LogP) is 13.7. The van der Waals surface area contributed by atoms with Gasteiger partial charge in [0.25, 0.3) is 0 Å². The van der Waals surface area contributed by atoms with Crippen LogP contribution in [0.2, 0.25) is 0 Å². The average Bonchev–Trinajstić information content (AvgIpc) is 3.56. The Labute approximate surface area is 284 Å². The molecule has 0 fully saturated rings. The molecule has 8 aromatic carbocycles. The summed E-state index contributed by atoms with van der Waals surface area (Å²) in [7, 11) is 0. The third-order valence-electron chi connectivity index (χ3n) is 9.28. The summed E-state index contributed by atoms with van der Waals surface area (Å²) in [5.41, 5.74) is 10.6. The second-order valence-electron chi connectivity index (χ2n) is 12.2. The first-order valence-electron chi connectivity index (χ1n) is 16.3. The van der Waals surface area contributed by atoms with Crippen molar-refractivity contribution in [1.82, 2.24) is 0 Å². The second-order valence-corrected chi connectivity index (χ2v) is 13.3. The van der Waals surface area contributed by atoms with Crippen molar-refractivity contribution in [2.24, 2.45) is 0 Å². The van der Waals surface area contributed by atoms with Gasteiger partial charge < -0.3 is 4.90 Å². The maximum absolute atomic E-state index is 2.34. The number of hydrogen-bond acceptors (Lipinski definition) is 2. The highest BCUT2D eigenvalue weighted by Gasteiger charge is 2.15. The molecule has 0 saturated heterocycles. The van der Waals surface area contributed by atoms with E-state index >= 15 is 0 Å². The lowest BCUT2D eigenvalue weighted by Crippen LogP contribution is -2.09. The normalized spacial score (nSPS) is 11.3. The minimum absolute atomic E-state index is 1.12. The molecule has 2 heteroatoms. The number of fused-ring (bicyclic) bond motifs is 5. The summed E-state index contributed by atoms with van der Waals surface area (Å²) in [6.07, 6.45) is 0. The maximum Gasteiger partial charge on any atom is 0.0462 e. The van der Waals surface area contributed by atoms with E-state index in [1.54, 1.807) is 0 Å². The summed E-state index contributed by atoms with van der Waals surface area (Å²) in [6, 6.07) is 68.0. The van der Waals surface area contributed by atoms with Gasteiger partial charge in [0.1, 0.15) is 0 Å². The number of thiophene rings is 1. The monoisotopic (exact) mass is 629 g/mol. The molecule has 0 radical (unpaired) electrons. The van der Waals surface area contributed by atoms with Crippen LogP contribution in [0.1, 0.15) is 0 Å². The van der Waals surface area contributed by atoms with E-state index in [1.807, 2.05) is 11.3 Å². The molecule has 0 unspecified atom stereocenters. The van der Waals surface area contributed by atoms with Gasteiger partial charge in [-0.25, -0.2) is 0 Å². The molecule has 9 aromatic rings. The third-order valence-corrected chi connectivity index (χ3v) is 10.4. The number of nitrogens with zero attached hydrogens (tertiary/aromatic N) is 1. The van der Waals surface area contributed by atoms with Crippen LogP contribution in [0.5, 0.6) is 0 Å². The summed E-state index contributed by atoms with van der Waals surface area (Å²) >= 11 is 1.87. The molecule has 1 nitrogen and oxygen atoms in total. The lowest BCUT2D eigenvalue weighted by atomic mass is 9.98. The average molecular weight is 630 g/mol. The van der Waals surface area contributed by atoms with Crippen LogP contribution in [-0.4, -0.2) is 0 Å². The summed E-state index contributed by atoms with van der Waals surface area (Å²) in [6.45, 7) is 0. The molecule has 0 aliphatic carbocycles. The van der Waals surface area contributed by atoms with Gasteiger partial charge in [-0.15, -0.1) is 11.3 Å². The number of rotatable bonds is 6. The van der Waals surface area contributed by atoms with E-state index in [0.717, 1.165) is 17.1 Å². The molecule has 0 N–H and O–H groups in total. The van der Waals surface area contributed by atoms with Crippen molar-refractivity contribution >= 4 is 59.3 Å². The number of anilines is 3. The molecule has 0 bridgehead atoms. The van der Waals surface area contributed by atoms with Crippen LogP contribution < -0.4 is 4.90 Å². The van der Waals surface area contributed by atoms with Crippen molar-refractivity contribution in [3.8, 4) is 33.4 Å². The Hall–Kier alpha value is -5.96. The molecule has 0 atom stereocenters. The molecule has 0 aliphatic rings. The zero-order chi connectivity index (χ0) is 31.9. The molecule has 0 saturated carbocycles. The molecule has 0 aliphatic heterocycles. The van der Waals surface area contributed by atoms with Gasteiger partial charge >= 0.3 is 0 Å². The fraction of sp³-hybridized carbons (Fsp3) is 0. The first-order chi connectivity index (χ1) is 23.8. The molecule has 1 aromatic heterocycles. The van der Waals surface area contributed by atoms with Crippen molar-refractivity contribution in [2.75, 3.05) is 4.90 Å². The fourth-order valence-corrected chi connectivity index (χ4v) is 7.97. The summed E-state index contributed by atoms with van der Waals surface area (Å²) in [4.78, 5) is 2.34. The van der Waals surface area contributed by atoms with Crippen molar-refractivity contribution in [1.29, 1.82) is 0 Å². The number of hydrogen-bond donors (Lipinski definition) is 0. The van der Waals surface area contributed by atoms with Gasteiger partial charge in [-0.1, -0.05) is 133 Å². The van der Waals surface area contributed by atoms with Crippen molar-refractivity contribution in [3.63, 3.8) is 0 Å². The standard InChI is InChI=1S/C46H31NS/c1-3-9-32(10-4-1)34-15-23-39(24-16-34)47(40-25-17-35(18-26-40)33-11-5-2-6-12-33)41-27-19-36(20-28-41)37-21-29-42-38(31-37)22-30-45-46(42)43-13-7-8-14-44(43)48-45/h1-31H. The predicted molar refractivity (Wildman–Crippen MR) is 208 cm³/mol. The van der Waals surface area contributed by atoms with Gasteiger partial charge in [-0.2, -0.15) is 0 Å². The summed E-state index contributed by atoms with van der Waals surface area (Å²) in [5.74, 6) is 0. The van der Waals surface area contributed by atoms with Crippen molar-refractivity contribution < 1.29 is 0 Å². The van der Waals surface area contributed by atoms with Crippen LogP contribution in [0.3, 0.4) is 0 Å². The van der Waals surface area contributed by atoms with E-state index in [4.69, 9.17) is 0 Å². The minimum atomic E-state index is 1.12. The Morgan fingerprint density at radius 2 is 0.771 bits per heavy atom. The highest BCUT2D eigenvalue weighted by atomic mass is 32.1. The van der Waals surface area contributed by atoms with E-state index in [-0.39, 0.29) is 0 Å². The zero-order valence-electron chi connectivity index (χ0n) is 26.3. The van der Waals surface area contributed by atoms with Crippen LogP contribution in [-0.2, 0) is 0 Å². The van der Waals surface area contributed by atoms with E-state index in [1.165, 1.54) is 64.3 Å². The van der Waals surface area contributed by atoms with Crippen LogP contribution in [0.4, 0.5) is 17.1 Å². The molecule has 1 heterocycles. The van der Waals surface area contributed by atoms with Gasteiger partial charge in [-0.05, 0) is 98.8 Å². The molecular formula is C46H31NS. The lowest BCUT2D eigenvalue weighted by molar-refractivity contribution is 1.28. The van der Waals surface area contributed by atoms with Gasteiger partial charge in [0, 0.05) is 37.2 Å². The highest BCUT2D eigenvalue weighted by Crippen LogP contribution is 2.41.